The average Bonchev–Trinajstić information content (AvgIpc) is 2.84. The Morgan fingerprint density at radius 3 is 2.03 bits per heavy atom. The van der Waals surface area contributed by atoms with Crippen LogP contribution < -0.4 is 10.6 Å². The maximum absolute atomic E-state index is 15.7. The minimum atomic E-state index is -4.54. The lowest BCUT2D eigenvalue weighted by atomic mass is 9.64. The van der Waals surface area contributed by atoms with Gasteiger partial charge in [-0.2, -0.15) is 8.78 Å². The summed E-state index contributed by atoms with van der Waals surface area (Å²) in [5.41, 5.74) is -3.45. The zero-order valence-corrected chi connectivity index (χ0v) is 15.2. The molecule has 10 heteroatoms. The Balaban J connectivity index is 2.52. The van der Waals surface area contributed by atoms with Crippen molar-refractivity contribution < 1.29 is 36.2 Å². The van der Waals surface area contributed by atoms with Gasteiger partial charge in [-0.15, -0.1) is 0 Å². The van der Waals surface area contributed by atoms with E-state index in [0.29, 0.717) is 0 Å². The van der Waals surface area contributed by atoms with Crippen LogP contribution in [-0.2, 0) is 11.8 Å². The van der Waals surface area contributed by atoms with E-state index in [4.69, 9.17) is 5.73 Å². The van der Waals surface area contributed by atoms with E-state index < -0.39 is 68.9 Å². The molecule has 29 heavy (non-hydrogen) atoms. The number of anilines is 1. The van der Waals surface area contributed by atoms with Crippen LogP contribution in [0.5, 0.6) is 0 Å². The van der Waals surface area contributed by atoms with E-state index in [9.17, 15) is 27.5 Å². The van der Waals surface area contributed by atoms with Crippen LogP contribution in [-0.4, -0.2) is 22.8 Å². The molecule has 0 aliphatic carbocycles. The summed E-state index contributed by atoms with van der Waals surface area (Å²) in [6.45, 7) is 1.74. The predicted octanol–water partition coefficient (Wildman–Crippen LogP) is 3.99. The number of urea groups is 1. The lowest BCUT2D eigenvalue weighted by molar-refractivity contribution is -0.148. The smallest absolute Gasteiger partial charge is 0.346 e. The highest BCUT2D eigenvalue weighted by Crippen LogP contribution is 2.61. The van der Waals surface area contributed by atoms with E-state index in [1.807, 2.05) is 0 Å². The third kappa shape index (κ3) is 2.61. The third-order valence-electron chi connectivity index (χ3n) is 5.26. The van der Waals surface area contributed by atoms with E-state index in [1.54, 1.807) is 6.07 Å². The number of nitrogens with two attached hydrogens (primary N) is 1. The van der Waals surface area contributed by atoms with Crippen LogP contribution in [0.2, 0.25) is 0 Å². The maximum Gasteiger partial charge on any atom is 0.346 e. The van der Waals surface area contributed by atoms with E-state index in [0.717, 1.165) is 13.8 Å². The molecule has 0 saturated carbocycles. The second-order valence-corrected chi connectivity index (χ2v) is 7.32. The summed E-state index contributed by atoms with van der Waals surface area (Å²) in [6.07, 6.45) is -0.845. The first kappa shape index (κ1) is 21.0. The molecule has 1 unspecified atom stereocenters. The highest BCUT2D eigenvalue weighted by molar-refractivity contribution is 5.96. The first-order chi connectivity index (χ1) is 13.3. The molecule has 2 aromatic rings. The SMILES string of the molecule is CC(C)(O)C1(Cc2ccccc2)c2c(F)c(F)c(F)c(F)c2N(C(N)=O)C1(F)F. The molecule has 0 radical (unpaired) electrons. The molecule has 156 valence electrons. The molecule has 1 aliphatic rings. The number of primary amides is 1. The van der Waals surface area contributed by atoms with Crippen molar-refractivity contribution in [3.8, 4) is 0 Å². The first-order valence-electron chi connectivity index (χ1n) is 8.39. The number of carbonyl (C=O) groups is 1. The molecule has 1 heterocycles. The molecule has 4 nitrogen and oxygen atoms in total. The van der Waals surface area contributed by atoms with Gasteiger partial charge in [0.15, 0.2) is 23.3 Å². The topological polar surface area (TPSA) is 66.6 Å². The van der Waals surface area contributed by atoms with Crippen LogP contribution >= 0.6 is 0 Å². The molecular formula is C19H16F6N2O2. The Labute approximate surface area is 161 Å². The molecule has 3 rings (SSSR count). The van der Waals surface area contributed by atoms with Gasteiger partial charge in [0.1, 0.15) is 5.41 Å². The van der Waals surface area contributed by atoms with Gasteiger partial charge in [-0.3, -0.25) is 0 Å². The minimum Gasteiger partial charge on any atom is -0.389 e. The van der Waals surface area contributed by atoms with Crippen molar-refractivity contribution in [2.45, 2.75) is 37.3 Å². The lowest BCUT2D eigenvalue weighted by Crippen LogP contribution is -2.64. The van der Waals surface area contributed by atoms with E-state index in [2.05, 4.69) is 0 Å². The summed E-state index contributed by atoms with van der Waals surface area (Å²) in [4.78, 5) is 11.2. The fourth-order valence-electron chi connectivity index (χ4n) is 3.94. The number of hydrogen-bond acceptors (Lipinski definition) is 2. The number of benzene rings is 2. The Hall–Kier alpha value is -2.75. The van der Waals surface area contributed by atoms with E-state index >= 15 is 8.78 Å². The number of fused-ring (bicyclic) bond motifs is 1. The van der Waals surface area contributed by atoms with E-state index in [-0.39, 0.29) is 5.56 Å². The summed E-state index contributed by atoms with van der Waals surface area (Å²) >= 11 is 0. The van der Waals surface area contributed by atoms with Crippen molar-refractivity contribution >= 4 is 11.7 Å². The maximum atomic E-state index is 15.7. The third-order valence-corrected chi connectivity index (χ3v) is 5.26. The molecule has 2 aromatic carbocycles. The Bertz CT molecular complexity index is 991. The van der Waals surface area contributed by atoms with Crippen molar-refractivity contribution in [1.82, 2.24) is 0 Å². The predicted molar refractivity (Wildman–Crippen MR) is 91.4 cm³/mol. The normalized spacial score (nSPS) is 20.7. The highest BCUT2D eigenvalue weighted by Gasteiger charge is 2.74. The minimum absolute atomic E-state index is 0.135. The van der Waals surface area contributed by atoms with Crippen molar-refractivity contribution in [3.05, 3.63) is 64.7 Å². The number of amides is 2. The molecule has 0 aromatic heterocycles. The van der Waals surface area contributed by atoms with Crippen LogP contribution in [0.3, 0.4) is 0 Å². The zero-order valence-electron chi connectivity index (χ0n) is 15.2. The molecule has 0 saturated heterocycles. The van der Waals surface area contributed by atoms with Gasteiger partial charge in [0, 0.05) is 5.56 Å². The fourth-order valence-corrected chi connectivity index (χ4v) is 3.94. The summed E-state index contributed by atoms with van der Waals surface area (Å²) in [6, 6.07) is 0.752. The highest BCUT2D eigenvalue weighted by atomic mass is 19.3. The summed E-state index contributed by atoms with van der Waals surface area (Å²) in [5.74, 6) is -9.07. The van der Waals surface area contributed by atoms with Gasteiger partial charge >= 0.3 is 12.1 Å². The number of nitrogens with zero attached hydrogens (tertiary/aromatic N) is 1. The Morgan fingerprint density at radius 2 is 1.55 bits per heavy atom. The second kappa shape index (κ2) is 6.38. The van der Waals surface area contributed by atoms with Crippen molar-refractivity contribution in [2.24, 2.45) is 5.73 Å². The molecule has 2 amide bonds. The number of hydrogen-bond donors (Lipinski definition) is 2. The lowest BCUT2D eigenvalue weighted by Gasteiger charge is -2.45. The standard InChI is InChI=1S/C19H16F6N2O2/c1-17(2,29)18(8-9-6-4-3-5-7-9)10-11(20)12(21)13(22)14(23)15(10)27(16(26)28)19(18,24)25/h3-7,29H,8H2,1-2H3,(H2,26,28). The average molecular weight is 418 g/mol. The van der Waals surface area contributed by atoms with Gasteiger partial charge in [0.2, 0.25) is 0 Å². The molecule has 0 bridgehead atoms. The molecule has 1 aliphatic heterocycles. The van der Waals surface area contributed by atoms with Gasteiger partial charge in [-0.1, -0.05) is 30.3 Å². The number of halogens is 6. The quantitative estimate of drug-likeness (QED) is 0.343. The van der Waals surface area contributed by atoms with Crippen LogP contribution in [0.1, 0.15) is 25.0 Å². The van der Waals surface area contributed by atoms with Gasteiger partial charge < -0.3 is 10.8 Å². The second-order valence-electron chi connectivity index (χ2n) is 7.32. The van der Waals surface area contributed by atoms with Crippen LogP contribution in [0.25, 0.3) is 0 Å². The number of rotatable bonds is 3. The van der Waals surface area contributed by atoms with E-state index in [1.165, 1.54) is 24.3 Å². The van der Waals surface area contributed by atoms with Gasteiger partial charge in [-0.25, -0.2) is 27.3 Å². The Kier molecular flexibility index (Phi) is 4.61. The molecule has 3 N–H and O–H groups in total. The van der Waals surface area contributed by atoms with Gasteiger partial charge in [0.05, 0.1) is 11.3 Å². The van der Waals surface area contributed by atoms with Crippen molar-refractivity contribution in [3.63, 3.8) is 0 Å². The zero-order chi connectivity index (χ0) is 21.9. The summed E-state index contributed by atoms with van der Waals surface area (Å²) < 4.78 is 88.6. The molecule has 0 spiro atoms. The fraction of sp³-hybridized carbons (Fsp3) is 0.316. The Morgan fingerprint density at radius 1 is 1.03 bits per heavy atom. The van der Waals surface area contributed by atoms with Crippen LogP contribution in [0.4, 0.5) is 36.8 Å². The monoisotopic (exact) mass is 418 g/mol. The van der Waals surface area contributed by atoms with Crippen LogP contribution in [0.15, 0.2) is 30.3 Å². The van der Waals surface area contributed by atoms with Gasteiger partial charge in [0.25, 0.3) is 0 Å². The summed E-state index contributed by atoms with van der Waals surface area (Å²) in [7, 11) is 0. The molecule has 1 atom stereocenters. The van der Waals surface area contributed by atoms with Gasteiger partial charge in [-0.05, 0) is 25.8 Å². The molecular weight excluding hydrogens is 402 g/mol. The van der Waals surface area contributed by atoms with Crippen molar-refractivity contribution in [2.75, 3.05) is 4.90 Å². The molecule has 0 fully saturated rings. The number of carbonyl (C=O) groups excluding carboxylic acids is 1. The van der Waals surface area contributed by atoms with Crippen LogP contribution in [0, 0.1) is 23.3 Å². The largest absolute Gasteiger partial charge is 0.389 e. The summed E-state index contributed by atoms with van der Waals surface area (Å²) in [5, 5.41) is 10.7. The number of alkyl halides is 2. The number of aliphatic hydroxyl groups is 1. The van der Waals surface area contributed by atoms with Crippen molar-refractivity contribution in [1.29, 1.82) is 0 Å². The first-order valence-corrected chi connectivity index (χ1v) is 8.39.